The Balaban J connectivity index is 2.90. The largest absolute Gasteiger partial charge is 0.259 e. The number of nitrogens with zero attached hydrogens (tertiary/aromatic N) is 1. The maximum absolute atomic E-state index is 12.7. The van der Waals surface area contributed by atoms with E-state index >= 15 is 0 Å². The summed E-state index contributed by atoms with van der Waals surface area (Å²) in [7, 11) is 0. The molecule has 0 radical (unpaired) electrons. The molecule has 0 aromatic heterocycles. The predicted molar refractivity (Wildman–Crippen MR) is 40.7 cm³/mol. The molecule has 1 nitrogen and oxygen atoms in total. The van der Waals surface area contributed by atoms with Crippen molar-refractivity contribution in [2.75, 3.05) is 0 Å². The average Bonchev–Trinajstić information content (AvgIpc) is 2.04. The first-order chi connectivity index (χ1) is 4.70. The molecule has 0 fully saturated rings. The zero-order valence-corrected chi connectivity index (χ0v) is 6.19. The monoisotopic (exact) mass is 139 g/mol. The van der Waals surface area contributed by atoms with E-state index in [1.165, 1.54) is 0 Å². The fourth-order valence-electron chi connectivity index (χ4n) is 0.720. The number of allylic oxidation sites excluding steroid dienone is 3. The zero-order valence-electron chi connectivity index (χ0n) is 6.19. The lowest BCUT2D eigenvalue weighted by Gasteiger charge is -1.88. The molecule has 1 aliphatic rings. The molecule has 0 unspecified atom stereocenters. The second kappa shape index (κ2) is 2.78. The average molecular weight is 139 g/mol. The Labute approximate surface area is 60.0 Å². The number of hydrogen-bond acceptors (Lipinski definition) is 1. The lowest BCUT2D eigenvalue weighted by Crippen LogP contribution is -1.88. The number of halogens is 1. The Morgan fingerprint density at radius 1 is 1.50 bits per heavy atom. The van der Waals surface area contributed by atoms with Crippen LogP contribution in [0.2, 0.25) is 0 Å². The molecule has 0 amide bonds. The summed E-state index contributed by atoms with van der Waals surface area (Å²) in [5.74, 6) is -0.201. The molecule has 0 atom stereocenters. The quantitative estimate of drug-likeness (QED) is 0.489. The Hall–Kier alpha value is -0.920. The minimum Gasteiger partial charge on any atom is -0.259 e. The van der Waals surface area contributed by atoms with E-state index in [9.17, 15) is 4.39 Å². The standard InChI is InChI=1S/C8H10FN/c1-6-3-4-8(9)7(2)10-5-6/h4-5H,3H2,1-2H3. The van der Waals surface area contributed by atoms with Crippen LogP contribution in [-0.4, -0.2) is 5.71 Å². The van der Waals surface area contributed by atoms with Crippen LogP contribution in [0.15, 0.2) is 28.7 Å². The molecule has 0 saturated carbocycles. The van der Waals surface area contributed by atoms with Crippen molar-refractivity contribution in [1.29, 1.82) is 0 Å². The molecule has 1 aliphatic heterocycles. The normalized spacial score (nSPS) is 18.9. The van der Waals surface area contributed by atoms with E-state index in [1.807, 2.05) is 6.92 Å². The van der Waals surface area contributed by atoms with Crippen molar-refractivity contribution >= 4 is 5.71 Å². The molecule has 10 heavy (non-hydrogen) atoms. The first-order valence-corrected chi connectivity index (χ1v) is 3.26. The molecule has 0 aromatic carbocycles. The first kappa shape index (κ1) is 7.19. The summed E-state index contributed by atoms with van der Waals surface area (Å²) in [6, 6.07) is 0. The van der Waals surface area contributed by atoms with E-state index in [1.54, 1.807) is 19.2 Å². The second-order valence-electron chi connectivity index (χ2n) is 2.45. The number of hydrogen-bond donors (Lipinski definition) is 0. The van der Waals surface area contributed by atoms with E-state index in [2.05, 4.69) is 4.99 Å². The van der Waals surface area contributed by atoms with Gasteiger partial charge in [-0.25, -0.2) is 4.39 Å². The van der Waals surface area contributed by atoms with Gasteiger partial charge in [0.1, 0.15) is 5.83 Å². The van der Waals surface area contributed by atoms with Crippen LogP contribution in [0.5, 0.6) is 0 Å². The van der Waals surface area contributed by atoms with Crippen molar-refractivity contribution in [3.05, 3.63) is 23.7 Å². The SMILES string of the molecule is CC1=CN=C(C)C(F)=CC1. The molecule has 1 rings (SSSR count). The molecule has 0 aromatic rings. The van der Waals surface area contributed by atoms with Gasteiger partial charge >= 0.3 is 0 Å². The van der Waals surface area contributed by atoms with E-state index in [4.69, 9.17) is 0 Å². The third kappa shape index (κ3) is 1.53. The Morgan fingerprint density at radius 2 is 2.20 bits per heavy atom. The van der Waals surface area contributed by atoms with Crippen LogP contribution >= 0.6 is 0 Å². The highest BCUT2D eigenvalue weighted by Crippen LogP contribution is 2.11. The Bertz CT molecular complexity index is 223. The van der Waals surface area contributed by atoms with Crippen molar-refractivity contribution < 1.29 is 4.39 Å². The van der Waals surface area contributed by atoms with Gasteiger partial charge in [-0.2, -0.15) is 0 Å². The lowest BCUT2D eigenvalue weighted by atomic mass is 10.2. The minimum absolute atomic E-state index is 0.201. The van der Waals surface area contributed by atoms with Gasteiger partial charge in [0.2, 0.25) is 0 Å². The van der Waals surface area contributed by atoms with Gasteiger partial charge in [0, 0.05) is 6.20 Å². The number of aliphatic imine (C=N–C) groups is 1. The molecule has 54 valence electrons. The summed E-state index contributed by atoms with van der Waals surface area (Å²) in [6.07, 6.45) is 3.93. The highest BCUT2D eigenvalue weighted by atomic mass is 19.1. The maximum Gasteiger partial charge on any atom is 0.140 e. The molecular formula is C8H10FN. The molecule has 0 N–H and O–H groups in total. The van der Waals surface area contributed by atoms with Crippen molar-refractivity contribution in [2.45, 2.75) is 20.3 Å². The molecule has 0 bridgehead atoms. The van der Waals surface area contributed by atoms with Gasteiger partial charge in [-0.3, -0.25) is 4.99 Å². The van der Waals surface area contributed by atoms with Gasteiger partial charge in [-0.05, 0) is 26.3 Å². The third-order valence-corrected chi connectivity index (χ3v) is 1.43. The molecular weight excluding hydrogens is 129 g/mol. The van der Waals surface area contributed by atoms with Gasteiger partial charge in [0.05, 0.1) is 5.71 Å². The third-order valence-electron chi connectivity index (χ3n) is 1.43. The molecule has 0 saturated heterocycles. The predicted octanol–water partition coefficient (Wildman–Crippen LogP) is 2.61. The summed E-state index contributed by atoms with van der Waals surface area (Å²) in [6.45, 7) is 3.60. The van der Waals surface area contributed by atoms with Crippen molar-refractivity contribution in [3.8, 4) is 0 Å². The highest BCUT2D eigenvalue weighted by molar-refractivity contribution is 5.96. The first-order valence-electron chi connectivity index (χ1n) is 3.26. The van der Waals surface area contributed by atoms with Gasteiger partial charge in [-0.15, -0.1) is 0 Å². The summed E-state index contributed by atoms with van der Waals surface area (Å²) >= 11 is 0. The van der Waals surface area contributed by atoms with Gasteiger partial charge in [-0.1, -0.05) is 5.57 Å². The lowest BCUT2D eigenvalue weighted by molar-refractivity contribution is 0.676. The molecule has 2 heteroatoms. The van der Waals surface area contributed by atoms with Gasteiger partial charge < -0.3 is 0 Å². The molecule has 0 spiro atoms. The topological polar surface area (TPSA) is 12.4 Å². The molecule has 0 aliphatic carbocycles. The van der Waals surface area contributed by atoms with Crippen LogP contribution in [0, 0.1) is 0 Å². The van der Waals surface area contributed by atoms with Crippen LogP contribution in [0.1, 0.15) is 20.3 Å². The van der Waals surface area contributed by atoms with Crippen molar-refractivity contribution in [1.82, 2.24) is 0 Å². The second-order valence-corrected chi connectivity index (χ2v) is 2.45. The van der Waals surface area contributed by atoms with Crippen molar-refractivity contribution in [3.63, 3.8) is 0 Å². The van der Waals surface area contributed by atoms with E-state index < -0.39 is 0 Å². The Kier molecular flexibility index (Phi) is 2.00. The van der Waals surface area contributed by atoms with E-state index in [-0.39, 0.29) is 5.83 Å². The van der Waals surface area contributed by atoms with Crippen LogP contribution in [0.3, 0.4) is 0 Å². The molecule has 1 heterocycles. The zero-order chi connectivity index (χ0) is 7.56. The van der Waals surface area contributed by atoms with Crippen LogP contribution in [0.4, 0.5) is 4.39 Å². The van der Waals surface area contributed by atoms with Gasteiger partial charge in [0.25, 0.3) is 0 Å². The van der Waals surface area contributed by atoms with Crippen LogP contribution in [0.25, 0.3) is 0 Å². The van der Waals surface area contributed by atoms with Crippen molar-refractivity contribution in [2.24, 2.45) is 4.99 Å². The number of rotatable bonds is 0. The summed E-state index contributed by atoms with van der Waals surface area (Å²) in [4.78, 5) is 3.90. The smallest absolute Gasteiger partial charge is 0.140 e. The fourth-order valence-corrected chi connectivity index (χ4v) is 0.720. The Morgan fingerprint density at radius 3 is 2.90 bits per heavy atom. The fraction of sp³-hybridized carbons (Fsp3) is 0.375. The highest BCUT2D eigenvalue weighted by Gasteiger charge is 2.01. The van der Waals surface area contributed by atoms with E-state index in [0.29, 0.717) is 12.1 Å². The summed E-state index contributed by atoms with van der Waals surface area (Å²) in [5.41, 5.74) is 1.56. The van der Waals surface area contributed by atoms with Crippen LogP contribution in [-0.2, 0) is 0 Å². The summed E-state index contributed by atoms with van der Waals surface area (Å²) < 4.78 is 12.7. The minimum atomic E-state index is -0.201. The summed E-state index contributed by atoms with van der Waals surface area (Å²) in [5, 5.41) is 0. The maximum atomic E-state index is 12.7. The van der Waals surface area contributed by atoms with Gasteiger partial charge in [0.15, 0.2) is 0 Å². The van der Waals surface area contributed by atoms with E-state index in [0.717, 1.165) is 5.57 Å². The van der Waals surface area contributed by atoms with Crippen LogP contribution < -0.4 is 0 Å².